The quantitative estimate of drug-likeness (QED) is 0.895. The smallest absolute Gasteiger partial charge is 0.236 e. The van der Waals surface area contributed by atoms with E-state index in [4.69, 9.17) is 4.74 Å². The van der Waals surface area contributed by atoms with Crippen molar-refractivity contribution < 1.29 is 9.53 Å². The van der Waals surface area contributed by atoms with Gasteiger partial charge in [0.1, 0.15) is 0 Å². The Labute approximate surface area is 113 Å². The van der Waals surface area contributed by atoms with Crippen LogP contribution in [0.1, 0.15) is 30.0 Å². The van der Waals surface area contributed by atoms with Gasteiger partial charge in [0.15, 0.2) is 0 Å². The van der Waals surface area contributed by atoms with Crippen LogP contribution < -0.4 is 5.32 Å². The van der Waals surface area contributed by atoms with Crippen molar-refractivity contribution in [1.29, 1.82) is 0 Å². The van der Waals surface area contributed by atoms with Crippen molar-refractivity contribution in [2.75, 3.05) is 26.2 Å². The van der Waals surface area contributed by atoms with Gasteiger partial charge < -0.3 is 9.64 Å². The molecule has 1 aromatic carbocycles. The van der Waals surface area contributed by atoms with Gasteiger partial charge in [0.05, 0.1) is 25.8 Å². The first-order valence-corrected chi connectivity index (χ1v) is 7.01. The van der Waals surface area contributed by atoms with Gasteiger partial charge in [0.25, 0.3) is 0 Å². The normalized spacial score (nSPS) is 22.3. The third-order valence-electron chi connectivity index (χ3n) is 3.93. The molecule has 2 aliphatic rings. The summed E-state index contributed by atoms with van der Waals surface area (Å²) in [5, 5.41) is 3.34. The van der Waals surface area contributed by atoms with Gasteiger partial charge >= 0.3 is 0 Å². The van der Waals surface area contributed by atoms with Gasteiger partial charge in [-0.3, -0.25) is 10.1 Å². The SMILES string of the molecule is O=C(CNC1COCc2ccccc21)N1CCCC1. The van der Waals surface area contributed by atoms with E-state index in [1.165, 1.54) is 11.1 Å². The van der Waals surface area contributed by atoms with Crippen molar-refractivity contribution >= 4 is 5.91 Å². The van der Waals surface area contributed by atoms with E-state index in [-0.39, 0.29) is 11.9 Å². The van der Waals surface area contributed by atoms with Crippen LogP contribution in [0, 0.1) is 0 Å². The molecule has 102 valence electrons. The van der Waals surface area contributed by atoms with Gasteiger partial charge in [-0.2, -0.15) is 0 Å². The number of nitrogens with one attached hydrogen (secondary N) is 1. The minimum atomic E-state index is 0.136. The number of carbonyl (C=O) groups is 1. The lowest BCUT2D eigenvalue weighted by Crippen LogP contribution is -2.39. The second kappa shape index (κ2) is 5.72. The van der Waals surface area contributed by atoms with Gasteiger partial charge in [-0.25, -0.2) is 0 Å². The van der Waals surface area contributed by atoms with Crippen LogP contribution >= 0.6 is 0 Å². The highest BCUT2D eigenvalue weighted by atomic mass is 16.5. The Hall–Kier alpha value is -1.39. The fourth-order valence-electron chi connectivity index (χ4n) is 2.84. The fourth-order valence-corrected chi connectivity index (χ4v) is 2.84. The van der Waals surface area contributed by atoms with E-state index in [1.54, 1.807) is 0 Å². The third kappa shape index (κ3) is 2.80. The van der Waals surface area contributed by atoms with E-state index < -0.39 is 0 Å². The largest absolute Gasteiger partial charge is 0.375 e. The monoisotopic (exact) mass is 260 g/mol. The average Bonchev–Trinajstić information content (AvgIpc) is 2.99. The lowest BCUT2D eigenvalue weighted by molar-refractivity contribution is -0.129. The molecule has 2 aliphatic heterocycles. The fraction of sp³-hybridized carbons (Fsp3) is 0.533. The standard InChI is InChI=1S/C15H20N2O2/c18-15(17-7-3-4-8-17)9-16-14-11-19-10-12-5-1-2-6-13(12)14/h1-2,5-6,14,16H,3-4,7-11H2. The first-order chi connectivity index (χ1) is 9.34. The minimum Gasteiger partial charge on any atom is -0.375 e. The molecule has 0 aliphatic carbocycles. The molecule has 1 N–H and O–H groups in total. The van der Waals surface area contributed by atoms with Crippen molar-refractivity contribution in [1.82, 2.24) is 10.2 Å². The zero-order chi connectivity index (χ0) is 13.1. The molecule has 1 atom stereocenters. The topological polar surface area (TPSA) is 41.6 Å². The Balaban J connectivity index is 1.60. The number of hydrogen-bond donors (Lipinski definition) is 1. The van der Waals surface area contributed by atoms with Crippen LogP contribution in [-0.2, 0) is 16.1 Å². The van der Waals surface area contributed by atoms with E-state index in [2.05, 4.69) is 17.4 Å². The summed E-state index contributed by atoms with van der Waals surface area (Å²) in [6.45, 7) is 3.55. The van der Waals surface area contributed by atoms with Crippen LogP contribution in [0.25, 0.3) is 0 Å². The van der Waals surface area contributed by atoms with Crippen LogP contribution in [0.2, 0.25) is 0 Å². The molecule has 3 rings (SSSR count). The lowest BCUT2D eigenvalue weighted by atomic mass is 9.99. The molecule has 1 aromatic rings. The Morgan fingerprint density at radius 2 is 2.11 bits per heavy atom. The van der Waals surface area contributed by atoms with Crippen LogP contribution in [0.4, 0.5) is 0 Å². The molecule has 1 fully saturated rings. The molecule has 19 heavy (non-hydrogen) atoms. The summed E-state index contributed by atoms with van der Waals surface area (Å²) in [4.78, 5) is 14.0. The van der Waals surface area contributed by atoms with E-state index in [9.17, 15) is 4.79 Å². The van der Waals surface area contributed by atoms with E-state index >= 15 is 0 Å². The molecule has 1 amide bonds. The Morgan fingerprint density at radius 3 is 2.95 bits per heavy atom. The molecule has 0 bridgehead atoms. The zero-order valence-electron chi connectivity index (χ0n) is 11.1. The lowest BCUT2D eigenvalue weighted by Gasteiger charge is -2.27. The molecule has 2 heterocycles. The molecule has 0 aromatic heterocycles. The number of fused-ring (bicyclic) bond motifs is 1. The second-order valence-corrected chi connectivity index (χ2v) is 5.24. The summed E-state index contributed by atoms with van der Waals surface area (Å²) in [5.74, 6) is 0.209. The molecule has 4 heteroatoms. The summed E-state index contributed by atoms with van der Waals surface area (Å²) in [6.07, 6.45) is 2.28. The summed E-state index contributed by atoms with van der Waals surface area (Å²) in [7, 11) is 0. The molecule has 1 saturated heterocycles. The summed E-state index contributed by atoms with van der Waals surface area (Å²) in [6, 6.07) is 8.42. The van der Waals surface area contributed by atoms with Crippen molar-refractivity contribution in [2.45, 2.75) is 25.5 Å². The summed E-state index contributed by atoms with van der Waals surface area (Å²) in [5.41, 5.74) is 2.49. The molecule has 4 nitrogen and oxygen atoms in total. The maximum Gasteiger partial charge on any atom is 0.236 e. The highest BCUT2D eigenvalue weighted by Crippen LogP contribution is 2.24. The highest BCUT2D eigenvalue weighted by molar-refractivity contribution is 5.78. The number of rotatable bonds is 3. The van der Waals surface area contributed by atoms with Gasteiger partial charge in [0.2, 0.25) is 5.91 Å². The number of likely N-dealkylation sites (tertiary alicyclic amines) is 1. The third-order valence-corrected chi connectivity index (χ3v) is 3.93. The van der Waals surface area contributed by atoms with E-state index in [0.29, 0.717) is 19.8 Å². The van der Waals surface area contributed by atoms with Crippen LogP contribution in [0.15, 0.2) is 24.3 Å². The van der Waals surface area contributed by atoms with Crippen molar-refractivity contribution in [3.05, 3.63) is 35.4 Å². The molecule has 0 saturated carbocycles. The number of amides is 1. The van der Waals surface area contributed by atoms with Crippen LogP contribution in [0.3, 0.4) is 0 Å². The maximum atomic E-state index is 12.0. The number of carbonyl (C=O) groups excluding carboxylic acids is 1. The predicted octanol–water partition coefficient (Wildman–Crippen LogP) is 1.47. The Kier molecular flexibility index (Phi) is 3.80. The Bertz CT molecular complexity index is 455. The van der Waals surface area contributed by atoms with Gasteiger partial charge in [-0.05, 0) is 24.0 Å². The van der Waals surface area contributed by atoms with E-state index in [1.807, 2.05) is 17.0 Å². The number of ether oxygens (including phenoxy) is 1. The Morgan fingerprint density at radius 1 is 1.32 bits per heavy atom. The number of benzene rings is 1. The van der Waals surface area contributed by atoms with Gasteiger partial charge in [-0.1, -0.05) is 24.3 Å². The van der Waals surface area contributed by atoms with E-state index in [0.717, 1.165) is 25.9 Å². The number of nitrogens with zero attached hydrogens (tertiary/aromatic N) is 1. The average molecular weight is 260 g/mol. The minimum absolute atomic E-state index is 0.136. The first kappa shape index (κ1) is 12.6. The maximum absolute atomic E-state index is 12.0. The van der Waals surface area contributed by atoms with Crippen LogP contribution in [-0.4, -0.2) is 37.0 Å². The molecular weight excluding hydrogens is 240 g/mol. The molecule has 0 spiro atoms. The van der Waals surface area contributed by atoms with Crippen molar-refractivity contribution in [2.24, 2.45) is 0 Å². The van der Waals surface area contributed by atoms with Crippen LogP contribution in [0.5, 0.6) is 0 Å². The van der Waals surface area contributed by atoms with Crippen molar-refractivity contribution in [3.63, 3.8) is 0 Å². The molecular formula is C15H20N2O2. The van der Waals surface area contributed by atoms with Gasteiger partial charge in [0, 0.05) is 13.1 Å². The second-order valence-electron chi connectivity index (χ2n) is 5.24. The number of hydrogen-bond acceptors (Lipinski definition) is 3. The highest BCUT2D eigenvalue weighted by Gasteiger charge is 2.22. The molecule has 1 unspecified atom stereocenters. The summed E-state index contributed by atoms with van der Waals surface area (Å²) >= 11 is 0. The molecule has 0 radical (unpaired) electrons. The predicted molar refractivity (Wildman–Crippen MR) is 72.7 cm³/mol. The van der Waals surface area contributed by atoms with Crippen molar-refractivity contribution in [3.8, 4) is 0 Å². The summed E-state index contributed by atoms with van der Waals surface area (Å²) < 4.78 is 5.58. The van der Waals surface area contributed by atoms with Gasteiger partial charge in [-0.15, -0.1) is 0 Å². The zero-order valence-corrected chi connectivity index (χ0v) is 11.1. The first-order valence-electron chi connectivity index (χ1n) is 7.01.